The molecule has 2 aromatic carbocycles. The summed E-state index contributed by atoms with van der Waals surface area (Å²) < 4.78 is 11.4. The Labute approximate surface area is 223 Å². The molecule has 3 aromatic rings. The van der Waals surface area contributed by atoms with Crippen molar-refractivity contribution < 1.29 is 19.1 Å². The molecule has 0 N–H and O–H groups in total. The van der Waals surface area contributed by atoms with E-state index in [2.05, 4.69) is 44.0 Å². The molecule has 2 heterocycles. The van der Waals surface area contributed by atoms with Gasteiger partial charge in [-0.2, -0.15) is 0 Å². The third-order valence-electron chi connectivity index (χ3n) is 6.65. The number of methoxy groups -OCH3 is 1. The molecule has 0 bridgehead atoms. The zero-order valence-electron chi connectivity index (χ0n) is 21.7. The number of amides is 2. The zero-order chi connectivity index (χ0) is 26.4. The van der Waals surface area contributed by atoms with Crippen molar-refractivity contribution in [1.29, 1.82) is 0 Å². The van der Waals surface area contributed by atoms with Crippen LogP contribution in [0, 0.1) is 0 Å². The van der Waals surface area contributed by atoms with Gasteiger partial charge in [-0.25, -0.2) is 0 Å². The number of thiophene rings is 1. The molecule has 2 amide bonds. The molecule has 1 unspecified atom stereocenters. The van der Waals surface area contributed by atoms with Gasteiger partial charge in [0.15, 0.2) is 0 Å². The van der Waals surface area contributed by atoms with E-state index in [1.165, 1.54) is 15.3 Å². The fourth-order valence-corrected chi connectivity index (χ4v) is 5.49. The molecule has 1 aromatic heterocycles. The van der Waals surface area contributed by atoms with Crippen molar-refractivity contribution in [3.05, 3.63) is 94.2 Å². The first-order valence-electron chi connectivity index (χ1n) is 12.5. The third kappa shape index (κ3) is 6.23. The van der Waals surface area contributed by atoms with Crippen LogP contribution in [0.5, 0.6) is 11.5 Å². The molecule has 7 heteroatoms. The van der Waals surface area contributed by atoms with Crippen LogP contribution in [0.15, 0.2) is 72.6 Å². The second kappa shape index (κ2) is 12.1. The Morgan fingerprint density at radius 3 is 2.65 bits per heavy atom. The summed E-state index contributed by atoms with van der Waals surface area (Å²) in [6.07, 6.45) is 2.43. The maximum atomic E-state index is 13.6. The Kier molecular flexibility index (Phi) is 8.66. The van der Waals surface area contributed by atoms with E-state index in [0.717, 1.165) is 17.7 Å². The van der Waals surface area contributed by atoms with Gasteiger partial charge in [-0.05, 0) is 65.2 Å². The van der Waals surface area contributed by atoms with Crippen molar-refractivity contribution >= 4 is 23.2 Å². The van der Waals surface area contributed by atoms with Crippen molar-refractivity contribution in [3.63, 3.8) is 0 Å². The van der Waals surface area contributed by atoms with E-state index in [4.69, 9.17) is 9.47 Å². The van der Waals surface area contributed by atoms with Crippen molar-refractivity contribution in [2.45, 2.75) is 32.2 Å². The van der Waals surface area contributed by atoms with E-state index in [1.807, 2.05) is 17.0 Å². The molecule has 0 aliphatic carbocycles. The number of rotatable bonds is 10. The van der Waals surface area contributed by atoms with Crippen LogP contribution < -0.4 is 9.47 Å². The van der Waals surface area contributed by atoms with E-state index in [9.17, 15) is 9.59 Å². The second-order valence-electron chi connectivity index (χ2n) is 9.39. The number of fused-ring (bicyclic) bond motifs is 1. The van der Waals surface area contributed by atoms with Crippen molar-refractivity contribution in [2.24, 2.45) is 0 Å². The minimum atomic E-state index is -0.238. The molecular weight excluding hydrogens is 484 g/mol. The van der Waals surface area contributed by atoms with Crippen LogP contribution in [-0.4, -0.2) is 55.0 Å². The average Bonchev–Trinajstić information content (AvgIpc) is 3.40. The maximum absolute atomic E-state index is 13.6. The lowest BCUT2D eigenvalue weighted by molar-refractivity contribution is -0.135. The normalized spacial score (nSPS) is 14.7. The van der Waals surface area contributed by atoms with Crippen LogP contribution in [0.1, 0.15) is 52.2 Å². The van der Waals surface area contributed by atoms with Gasteiger partial charge in [-0.15, -0.1) is 17.9 Å². The number of benzene rings is 2. The SMILES string of the molecule is C=CCN(CC(=O)N1CCc2sccc2C1COc1ccc(C(C)C)cc1)C(=O)c1cccc(OC)c1. The molecule has 6 nitrogen and oxygen atoms in total. The topological polar surface area (TPSA) is 59.1 Å². The van der Waals surface area contributed by atoms with Gasteiger partial charge in [0, 0.05) is 23.5 Å². The van der Waals surface area contributed by atoms with E-state index in [0.29, 0.717) is 30.4 Å². The number of hydrogen-bond acceptors (Lipinski definition) is 5. The molecular formula is C30H34N2O4S. The summed E-state index contributed by atoms with van der Waals surface area (Å²) in [6, 6.07) is 17.0. The highest BCUT2D eigenvalue weighted by atomic mass is 32.1. The minimum absolute atomic E-state index is 0.0406. The molecule has 0 saturated heterocycles. The molecule has 1 aliphatic rings. The van der Waals surface area contributed by atoms with Crippen LogP contribution in [-0.2, 0) is 11.2 Å². The number of carbonyl (C=O) groups is 2. The van der Waals surface area contributed by atoms with Gasteiger partial charge in [0.1, 0.15) is 24.7 Å². The third-order valence-corrected chi connectivity index (χ3v) is 7.65. The van der Waals surface area contributed by atoms with Gasteiger partial charge < -0.3 is 19.3 Å². The minimum Gasteiger partial charge on any atom is -0.497 e. The Bertz CT molecular complexity index is 1230. The summed E-state index contributed by atoms with van der Waals surface area (Å²) >= 11 is 1.71. The second-order valence-corrected chi connectivity index (χ2v) is 10.4. The van der Waals surface area contributed by atoms with Gasteiger partial charge in [0.05, 0.1) is 13.2 Å². The monoisotopic (exact) mass is 518 g/mol. The number of carbonyl (C=O) groups excluding carboxylic acids is 2. The Hall–Kier alpha value is -3.58. The highest BCUT2D eigenvalue weighted by Crippen LogP contribution is 2.34. The quantitative estimate of drug-likeness (QED) is 0.323. The first-order valence-corrected chi connectivity index (χ1v) is 13.4. The maximum Gasteiger partial charge on any atom is 0.254 e. The predicted molar refractivity (Wildman–Crippen MR) is 148 cm³/mol. The summed E-state index contributed by atoms with van der Waals surface area (Å²) in [5.41, 5.74) is 2.85. The van der Waals surface area contributed by atoms with E-state index in [1.54, 1.807) is 48.8 Å². The Balaban J connectivity index is 1.51. The van der Waals surface area contributed by atoms with Crippen LogP contribution in [0.3, 0.4) is 0 Å². The summed E-state index contributed by atoms with van der Waals surface area (Å²) in [7, 11) is 1.56. The van der Waals surface area contributed by atoms with Crippen LogP contribution in [0.4, 0.5) is 0 Å². The molecule has 37 heavy (non-hydrogen) atoms. The van der Waals surface area contributed by atoms with Crippen LogP contribution in [0.2, 0.25) is 0 Å². The predicted octanol–water partition coefficient (Wildman–Crippen LogP) is 5.71. The molecule has 0 fully saturated rings. The lowest BCUT2D eigenvalue weighted by Crippen LogP contribution is -2.47. The lowest BCUT2D eigenvalue weighted by Gasteiger charge is -2.37. The van der Waals surface area contributed by atoms with Gasteiger partial charge >= 0.3 is 0 Å². The van der Waals surface area contributed by atoms with Crippen LogP contribution >= 0.6 is 11.3 Å². The zero-order valence-corrected chi connectivity index (χ0v) is 22.5. The highest BCUT2D eigenvalue weighted by Gasteiger charge is 2.33. The fraction of sp³-hybridized carbons (Fsp3) is 0.333. The smallest absolute Gasteiger partial charge is 0.254 e. The van der Waals surface area contributed by atoms with Gasteiger partial charge in [-0.1, -0.05) is 38.1 Å². The molecule has 1 atom stereocenters. The lowest BCUT2D eigenvalue weighted by atomic mass is 10.00. The summed E-state index contributed by atoms with van der Waals surface area (Å²) in [6.45, 7) is 9.27. The largest absolute Gasteiger partial charge is 0.497 e. The first-order chi connectivity index (χ1) is 17.9. The molecule has 1 aliphatic heterocycles. The molecule has 0 saturated carbocycles. The number of nitrogens with zero attached hydrogens (tertiary/aromatic N) is 2. The summed E-state index contributed by atoms with van der Waals surface area (Å²) in [5, 5.41) is 2.07. The van der Waals surface area contributed by atoms with E-state index < -0.39 is 0 Å². The van der Waals surface area contributed by atoms with Crippen molar-refractivity contribution in [1.82, 2.24) is 9.80 Å². The summed E-state index contributed by atoms with van der Waals surface area (Å²) in [5.74, 6) is 1.47. The molecule has 4 rings (SSSR count). The van der Waals surface area contributed by atoms with E-state index in [-0.39, 0.29) is 30.9 Å². The van der Waals surface area contributed by atoms with Crippen LogP contribution in [0.25, 0.3) is 0 Å². The van der Waals surface area contributed by atoms with Gasteiger partial charge in [-0.3, -0.25) is 9.59 Å². The standard InChI is InChI=1S/C30H34N2O4S/c1-5-15-31(30(34)23-7-6-8-25(18-23)35-4)19-29(33)32-16-13-28-26(14-17-37-28)27(32)20-36-24-11-9-22(10-12-24)21(2)3/h5-12,14,17-18,21,27H,1,13,15-16,19-20H2,2-4H3. The van der Waals surface area contributed by atoms with Crippen molar-refractivity contribution in [3.8, 4) is 11.5 Å². The molecule has 194 valence electrons. The molecule has 0 radical (unpaired) electrons. The molecule has 0 spiro atoms. The van der Waals surface area contributed by atoms with Crippen molar-refractivity contribution in [2.75, 3.05) is 33.4 Å². The van der Waals surface area contributed by atoms with Gasteiger partial charge in [0.2, 0.25) is 5.91 Å². The Morgan fingerprint density at radius 1 is 1.16 bits per heavy atom. The number of hydrogen-bond donors (Lipinski definition) is 0. The average molecular weight is 519 g/mol. The Morgan fingerprint density at radius 2 is 1.95 bits per heavy atom. The van der Waals surface area contributed by atoms with E-state index >= 15 is 0 Å². The fourth-order valence-electron chi connectivity index (χ4n) is 4.57. The van der Waals surface area contributed by atoms with Gasteiger partial charge in [0.25, 0.3) is 5.91 Å². The number of ether oxygens (including phenoxy) is 2. The highest BCUT2D eigenvalue weighted by molar-refractivity contribution is 7.10. The summed E-state index contributed by atoms with van der Waals surface area (Å²) in [4.78, 5) is 31.6. The first kappa shape index (κ1) is 26.5.